The molecule has 0 aromatic heterocycles. The molecule has 1 aliphatic heterocycles. The highest BCUT2D eigenvalue weighted by Crippen LogP contribution is 2.47. The Balaban J connectivity index is 2.02. The van der Waals surface area contributed by atoms with E-state index in [1.54, 1.807) is 0 Å². The molecule has 3 unspecified atom stereocenters. The van der Waals surface area contributed by atoms with E-state index in [-0.39, 0.29) is 0 Å². The molecule has 0 aromatic carbocycles. The van der Waals surface area contributed by atoms with Crippen LogP contribution in [0.1, 0.15) is 6.42 Å². The molecule has 2 fully saturated rings. The Labute approximate surface area is 56.2 Å². The van der Waals surface area contributed by atoms with Gasteiger partial charge in [0.05, 0.1) is 6.17 Å². The third-order valence-electron chi connectivity index (χ3n) is 2.68. The van der Waals surface area contributed by atoms with Crippen molar-refractivity contribution in [1.29, 1.82) is 0 Å². The molecule has 2 aliphatic rings. The summed E-state index contributed by atoms with van der Waals surface area (Å²) in [6.07, 6.45) is 2.16. The van der Waals surface area contributed by atoms with Gasteiger partial charge in [0.15, 0.2) is 0 Å². The van der Waals surface area contributed by atoms with Gasteiger partial charge in [0.25, 0.3) is 0 Å². The van der Waals surface area contributed by atoms with Crippen LogP contribution in [0.25, 0.3) is 0 Å². The molecule has 2 heteroatoms. The number of nitrogens with zero attached hydrogens (tertiary/aromatic N) is 1. The summed E-state index contributed by atoms with van der Waals surface area (Å²) in [5, 5.41) is 3.33. The Morgan fingerprint density at radius 1 is 1.56 bits per heavy atom. The van der Waals surface area contributed by atoms with Crippen molar-refractivity contribution in [2.45, 2.75) is 12.6 Å². The minimum absolute atomic E-state index is 0.690. The molecule has 1 heterocycles. The molecule has 0 bridgehead atoms. The number of hydrogen-bond acceptors (Lipinski definition) is 2. The summed E-state index contributed by atoms with van der Waals surface area (Å²) in [4.78, 5) is 2.42. The van der Waals surface area contributed by atoms with Crippen LogP contribution in [0.3, 0.4) is 0 Å². The highest BCUT2D eigenvalue weighted by Gasteiger charge is 2.50. The fraction of sp³-hybridized carbons (Fsp3) is 1.00. The first-order valence-electron chi connectivity index (χ1n) is 3.70. The molecule has 0 aromatic rings. The molecular weight excluding hydrogens is 112 g/mol. The molecule has 2 rings (SSSR count). The summed E-state index contributed by atoms with van der Waals surface area (Å²) in [6.45, 7) is 1.32. The second-order valence-electron chi connectivity index (χ2n) is 3.33. The summed E-state index contributed by atoms with van der Waals surface area (Å²) in [6, 6.07) is 0. The fourth-order valence-corrected chi connectivity index (χ4v) is 2.11. The van der Waals surface area contributed by atoms with E-state index in [4.69, 9.17) is 0 Å². The van der Waals surface area contributed by atoms with Gasteiger partial charge in [-0.25, -0.2) is 0 Å². The first kappa shape index (κ1) is 5.69. The highest BCUT2D eigenvalue weighted by molar-refractivity contribution is 5.01. The van der Waals surface area contributed by atoms with Crippen LogP contribution in [-0.2, 0) is 0 Å². The second kappa shape index (κ2) is 1.70. The number of rotatable bonds is 1. The quantitative estimate of drug-likeness (QED) is 0.536. The van der Waals surface area contributed by atoms with E-state index >= 15 is 0 Å². The zero-order valence-electron chi connectivity index (χ0n) is 6.09. The SMILES string of the molecule is CNC1C2CC2CN1C. The summed E-state index contributed by atoms with van der Waals surface area (Å²) in [7, 11) is 4.26. The van der Waals surface area contributed by atoms with Gasteiger partial charge in [-0.15, -0.1) is 0 Å². The van der Waals surface area contributed by atoms with Gasteiger partial charge in [0.2, 0.25) is 0 Å². The van der Waals surface area contributed by atoms with Crippen molar-refractivity contribution in [3.63, 3.8) is 0 Å². The maximum absolute atomic E-state index is 3.33. The van der Waals surface area contributed by atoms with Crippen molar-refractivity contribution < 1.29 is 0 Å². The normalized spacial score (nSPS) is 49.3. The van der Waals surface area contributed by atoms with Crippen LogP contribution in [0.15, 0.2) is 0 Å². The molecule has 9 heavy (non-hydrogen) atoms. The predicted molar refractivity (Wildman–Crippen MR) is 37.1 cm³/mol. The van der Waals surface area contributed by atoms with Crippen LogP contribution >= 0.6 is 0 Å². The van der Waals surface area contributed by atoms with Crippen molar-refractivity contribution in [3.8, 4) is 0 Å². The molecule has 1 saturated heterocycles. The van der Waals surface area contributed by atoms with Gasteiger partial charge in [-0.1, -0.05) is 0 Å². The number of fused-ring (bicyclic) bond motifs is 1. The molecule has 0 spiro atoms. The second-order valence-corrected chi connectivity index (χ2v) is 3.33. The van der Waals surface area contributed by atoms with Crippen molar-refractivity contribution in [2.75, 3.05) is 20.6 Å². The topological polar surface area (TPSA) is 15.3 Å². The lowest BCUT2D eigenvalue weighted by Crippen LogP contribution is -2.39. The van der Waals surface area contributed by atoms with Crippen LogP contribution in [-0.4, -0.2) is 31.7 Å². The average Bonchev–Trinajstić information content (AvgIpc) is 2.45. The summed E-state index contributed by atoms with van der Waals surface area (Å²) in [5.74, 6) is 2.02. The molecule has 1 aliphatic carbocycles. The molecule has 1 N–H and O–H groups in total. The van der Waals surface area contributed by atoms with Gasteiger partial charge in [-0.3, -0.25) is 4.90 Å². The summed E-state index contributed by atoms with van der Waals surface area (Å²) < 4.78 is 0. The van der Waals surface area contributed by atoms with Crippen LogP contribution < -0.4 is 5.32 Å². The number of hydrogen-bond donors (Lipinski definition) is 1. The van der Waals surface area contributed by atoms with E-state index in [0.29, 0.717) is 6.17 Å². The zero-order chi connectivity index (χ0) is 6.43. The minimum Gasteiger partial charge on any atom is -0.305 e. The van der Waals surface area contributed by atoms with Crippen molar-refractivity contribution >= 4 is 0 Å². The Morgan fingerprint density at radius 3 is 2.67 bits per heavy atom. The molecule has 52 valence electrons. The lowest BCUT2D eigenvalue weighted by Gasteiger charge is -2.21. The van der Waals surface area contributed by atoms with E-state index in [1.807, 2.05) is 0 Å². The van der Waals surface area contributed by atoms with Gasteiger partial charge in [0.1, 0.15) is 0 Å². The minimum atomic E-state index is 0.690. The van der Waals surface area contributed by atoms with E-state index in [0.717, 1.165) is 11.8 Å². The molecule has 3 atom stereocenters. The van der Waals surface area contributed by atoms with Gasteiger partial charge >= 0.3 is 0 Å². The van der Waals surface area contributed by atoms with E-state index < -0.39 is 0 Å². The maximum atomic E-state index is 3.33. The Hall–Kier alpha value is -0.0800. The van der Waals surface area contributed by atoms with Crippen LogP contribution in [0.2, 0.25) is 0 Å². The Kier molecular flexibility index (Phi) is 1.08. The van der Waals surface area contributed by atoms with E-state index in [9.17, 15) is 0 Å². The molecule has 1 saturated carbocycles. The van der Waals surface area contributed by atoms with Crippen molar-refractivity contribution in [1.82, 2.24) is 10.2 Å². The van der Waals surface area contributed by atoms with Gasteiger partial charge in [-0.05, 0) is 32.4 Å². The highest BCUT2D eigenvalue weighted by atomic mass is 15.3. The third kappa shape index (κ3) is 0.700. The monoisotopic (exact) mass is 126 g/mol. The summed E-state index contributed by atoms with van der Waals surface area (Å²) >= 11 is 0. The molecule has 0 amide bonds. The van der Waals surface area contributed by atoms with Gasteiger partial charge in [0, 0.05) is 6.54 Å². The maximum Gasteiger partial charge on any atom is 0.0624 e. The summed E-state index contributed by atoms with van der Waals surface area (Å²) in [5.41, 5.74) is 0. The average molecular weight is 126 g/mol. The van der Waals surface area contributed by atoms with E-state index in [1.165, 1.54) is 13.0 Å². The molecule has 0 radical (unpaired) electrons. The number of piperidine rings is 1. The molecular formula is C7H14N2. The first-order chi connectivity index (χ1) is 4.33. The van der Waals surface area contributed by atoms with E-state index in [2.05, 4.69) is 24.3 Å². The lowest BCUT2D eigenvalue weighted by atomic mass is 10.3. The third-order valence-corrected chi connectivity index (χ3v) is 2.68. The zero-order valence-corrected chi connectivity index (χ0v) is 6.09. The van der Waals surface area contributed by atoms with Crippen molar-refractivity contribution in [3.05, 3.63) is 0 Å². The molecule has 2 nitrogen and oxygen atoms in total. The van der Waals surface area contributed by atoms with Crippen LogP contribution in [0.4, 0.5) is 0 Å². The van der Waals surface area contributed by atoms with Crippen LogP contribution in [0, 0.1) is 11.8 Å². The smallest absolute Gasteiger partial charge is 0.0624 e. The number of likely N-dealkylation sites (tertiary alicyclic amines) is 1. The standard InChI is InChI=1S/C7H14N2/c1-8-7-6-3-5(6)4-9(7)2/h5-8H,3-4H2,1-2H3. The largest absolute Gasteiger partial charge is 0.305 e. The number of nitrogens with one attached hydrogen (secondary N) is 1. The van der Waals surface area contributed by atoms with Crippen LogP contribution in [0.5, 0.6) is 0 Å². The Bertz CT molecular complexity index is 122. The van der Waals surface area contributed by atoms with Gasteiger partial charge < -0.3 is 5.32 Å². The Morgan fingerprint density at radius 2 is 2.33 bits per heavy atom. The van der Waals surface area contributed by atoms with Crippen molar-refractivity contribution in [2.24, 2.45) is 11.8 Å². The predicted octanol–water partition coefficient (Wildman–Crippen LogP) is 0.113. The first-order valence-corrected chi connectivity index (χ1v) is 3.70. The van der Waals surface area contributed by atoms with Gasteiger partial charge in [-0.2, -0.15) is 0 Å². The fourth-order valence-electron chi connectivity index (χ4n) is 2.11. The lowest BCUT2D eigenvalue weighted by molar-refractivity contribution is 0.239.